The van der Waals surface area contributed by atoms with Crippen LogP contribution >= 0.6 is 43.6 Å². The molecule has 3 aromatic rings. The number of carbonyl (C=O) groups excluding carboxylic acids is 2. The number of ether oxygens (including phenoxy) is 2. The van der Waals surface area contributed by atoms with Gasteiger partial charge in [0.05, 0.1) is 23.0 Å². The summed E-state index contributed by atoms with van der Waals surface area (Å²) in [6, 6.07) is 19.3. The fourth-order valence-corrected chi connectivity index (χ4v) is 5.04. The molecule has 8 heteroatoms. The topological polar surface area (TPSA) is 55.8 Å². The van der Waals surface area contributed by atoms with Gasteiger partial charge in [-0.15, -0.1) is 0 Å². The van der Waals surface area contributed by atoms with Gasteiger partial charge in [0.2, 0.25) is 0 Å². The smallest absolute Gasteiger partial charge is 0.293 e. The summed E-state index contributed by atoms with van der Waals surface area (Å²) in [5.74, 6) is 0.790. The van der Waals surface area contributed by atoms with Gasteiger partial charge in [-0.05, 0) is 81.6 Å². The summed E-state index contributed by atoms with van der Waals surface area (Å²) in [5, 5.41) is -0.289. The molecule has 0 radical (unpaired) electrons. The number of methoxy groups -OCH3 is 1. The van der Waals surface area contributed by atoms with Crippen LogP contribution in [0, 0.1) is 6.92 Å². The Morgan fingerprint density at radius 2 is 1.65 bits per heavy atom. The van der Waals surface area contributed by atoms with Crippen molar-refractivity contribution < 1.29 is 19.1 Å². The molecule has 0 saturated carbocycles. The van der Waals surface area contributed by atoms with Crippen molar-refractivity contribution in [3.63, 3.8) is 0 Å². The van der Waals surface area contributed by atoms with Crippen molar-refractivity contribution in [1.29, 1.82) is 0 Å². The van der Waals surface area contributed by atoms with Gasteiger partial charge in [-0.3, -0.25) is 14.5 Å². The molecule has 1 saturated heterocycles. The number of nitrogens with zero attached hydrogens (tertiary/aromatic N) is 1. The maximum Gasteiger partial charge on any atom is 0.293 e. The van der Waals surface area contributed by atoms with Crippen LogP contribution in [-0.2, 0) is 17.9 Å². The zero-order valence-electron chi connectivity index (χ0n) is 18.5. The summed E-state index contributed by atoms with van der Waals surface area (Å²) in [4.78, 5) is 27.0. The molecular weight excluding hydrogens is 582 g/mol. The highest BCUT2D eigenvalue weighted by Crippen LogP contribution is 2.39. The zero-order valence-corrected chi connectivity index (χ0v) is 22.5. The summed E-state index contributed by atoms with van der Waals surface area (Å²) in [6.45, 7) is 2.66. The molecule has 174 valence electrons. The van der Waals surface area contributed by atoms with E-state index in [9.17, 15) is 9.59 Å². The number of halogens is 2. The highest BCUT2D eigenvalue weighted by atomic mass is 79.9. The van der Waals surface area contributed by atoms with Crippen molar-refractivity contribution in [1.82, 2.24) is 4.90 Å². The number of benzene rings is 3. The molecule has 1 fully saturated rings. The molecule has 0 N–H and O–H groups in total. The fraction of sp³-hybridized carbons (Fsp3) is 0.154. The molecule has 0 aliphatic carbocycles. The highest BCUT2D eigenvalue weighted by molar-refractivity contribution is 9.10. The van der Waals surface area contributed by atoms with E-state index in [1.807, 2.05) is 61.5 Å². The summed E-state index contributed by atoms with van der Waals surface area (Å²) >= 11 is 7.88. The number of aryl methyl sites for hydroxylation is 1. The second-order valence-corrected chi connectivity index (χ2v) is 10.5. The predicted molar refractivity (Wildman–Crippen MR) is 142 cm³/mol. The maximum absolute atomic E-state index is 12.9. The third kappa shape index (κ3) is 5.74. The van der Waals surface area contributed by atoms with Crippen LogP contribution in [-0.4, -0.2) is 23.2 Å². The van der Waals surface area contributed by atoms with E-state index in [0.717, 1.165) is 32.9 Å². The van der Waals surface area contributed by atoms with Gasteiger partial charge in [-0.2, -0.15) is 0 Å². The third-order valence-electron chi connectivity index (χ3n) is 5.18. The molecule has 1 aliphatic rings. The number of imide groups is 1. The van der Waals surface area contributed by atoms with Crippen molar-refractivity contribution in [2.45, 2.75) is 20.1 Å². The molecule has 0 unspecified atom stereocenters. The summed E-state index contributed by atoms with van der Waals surface area (Å²) in [5.41, 5.74) is 3.84. The zero-order chi connectivity index (χ0) is 24.2. The Morgan fingerprint density at radius 3 is 2.32 bits per heavy atom. The Bertz CT molecular complexity index is 1260. The molecule has 4 rings (SSSR count). The molecule has 0 spiro atoms. The van der Waals surface area contributed by atoms with Crippen LogP contribution in [0.4, 0.5) is 4.79 Å². The Morgan fingerprint density at radius 1 is 0.971 bits per heavy atom. The SMILES string of the molecule is COc1cc(/C=C2\SC(=O)N(Cc3ccc(Br)cc3)C2=O)cc(Br)c1OCc1ccc(C)cc1. The minimum Gasteiger partial charge on any atom is -0.493 e. The lowest BCUT2D eigenvalue weighted by Crippen LogP contribution is -2.27. The van der Waals surface area contributed by atoms with Crippen molar-refractivity contribution in [3.8, 4) is 11.5 Å². The number of hydrogen-bond donors (Lipinski definition) is 0. The van der Waals surface area contributed by atoms with Gasteiger partial charge in [-0.1, -0.05) is 57.9 Å². The van der Waals surface area contributed by atoms with Gasteiger partial charge in [-0.25, -0.2) is 0 Å². The van der Waals surface area contributed by atoms with Gasteiger partial charge in [0.25, 0.3) is 11.1 Å². The largest absolute Gasteiger partial charge is 0.493 e. The van der Waals surface area contributed by atoms with E-state index >= 15 is 0 Å². The van der Waals surface area contributed by atoms with Crippen molar-refractivity contribution >= 4 is 60.8 Å². The lowest BCUT2D eigenvalue weighted by molar-refractivity contribution is -0.123. The van der Waals surface area contributed by atoms with E-state index in [2.05, 4.69) is 31.9 Å². The number of thioether (sulfide) groups is 1. The molecule has 1 aliphatic heterocycles. The van der Waals surface area contributed by atoms with Gasteiger partial charge in [0.1, 0.15) is 6.61 Å². The molecule has 1 heterocycles. The van der Waals surface area contributed by atoms with Crippen molar-refractivity contribution in [2.24, 2.45) is 0 Å². The van der Waals surface area contributed by atoms with E-state index in [0.29, 0.717) is 27.5 Å². The predicted octanol–water partition coefficient (Wildman–Crippen LogP) is 7.34. The second kappa shape index (κ2) is 10.8. The first-order valence-corrected chi connectivity index (χ1v) is 12.8. The van der Waals surface area contributed by atoms with Gasteiger partial charge >= 0.3 is 0 Å². The van der Waals surface area contributed by atoms with E-state index < -0.39 is 0 Å². The Labute approximate surface area is 219 Å². The first-order valence-electron chi connectivity index (χ1n) is 10.4. The lowest BCUT2D eigenvalue weighted by Gasteiger charge is -2.14. The highest BCUT2D eigenvalue weighted by Gasteiger charge is 2.35. The Hall–Kier alpha value is -2.55. The van der Waals surface area contributed by atoms with Crippen LogP contribution in [0.1, 0.15) is 22.3 Å². The number of carbonyl (C=O) groups is 2. The first-order chi connectivity index (χ1) is 16.3. The maximum atomic E-state index is 12.9. The Kier molecular flexibility index (Phi) is 7.80. The van der Waals surface area contributed by atoms with E-state index in [-0.39, 0.29) is 17.7 Å². The Balaban J connectivity index is 1.52. The summed E-state index contributed by atoms with van der Waals surface area (Å²) < 4.78 is 13.2. The van der Waals surface area contributed by atoms with Crippen molar-refractivity contribution in [2.75, 3.05) is 7.11 Å². The van der Waals surface area contributed by atoms with Crippen LogP contribution in [0.25, 0.3) is 6.08 Å². The molecule has 34 heavy (non-hydrogen) atoms. The molecular formula is C26H21Br2NO4S. The van der Waals surface area contributed by atoms with Crippen LogP contribution in [0.2, 0.25) is 0 Å². The average Bonchev–Trinajstić information content (AvgIpc) is 3.07. The van der Waals surface area contributed by atoms with E-state index in [4.69, 9.17) is 9.47 Å². The van der Waals surface area contributed by atoms with E-state index in [1.54, 1.807) is 19.3 Å². The van der Waals surface area contributed by atoms with Crippen molar-refractivity contribution in [3.05, 3.63) is 96.8 Å². The monoisotopic (exact) mass is 601 g/mol. The molecule has 0 bridgehead atoms. The first kappa shape index (κ1) is 24.6. The molecule has 2 amide bonds. The fourth-order valence-electron chi connectivity index (χ4n) is 3.36. The molecule has 3 aromatic carbocycles. The van der Waals surface area contributed by atoms with Crippen LogP contribution in [0.5, 0.6) is 11.5 Å². The quantitative estimate of drug-likeness (QED) is 0.265. The average molecular weight is 603 g/mol. The number of amides is 2. The van der Waals surface area contributed by atoms with Crippen LogP contribution in [0.3, 0.4) is 0 Å². The van der Waals surface area contributed by atoms with Crippen LogP contribution in [0.15, 0.2) is 74.5 Å². The van der Waals surface area contributed by atoms with Gasteiger partial charge < -0.3 is 9.47 Å². The lowest BCUT2D eigenvalue weighted by atomic mass is 10.1. The van der Waals surface area contributed by atoms with Gasteiger partial charge in [0, 0.05) is 4.47 Å². The standard InChI is InChI=1S/C26H21Br2NO4S/c1-16-3-5-18(6-4-16)15-33-24-21(28)11-19(12-22(24)32-2)13-23-25(30)29(26(31)34-23)14-17-7-9-20(27)10-8-17/h3-13H,14-15H2,1-2H3/b23-13-. The van der Waals surface area contributed by atoms with Crippen LogP contribution < -0.4 is 9.47 Å². The van der Waals surface area contributed by atoms with E-state index in [1.165, 1.54) is 10.5 Å². The minimum absolute atomic E-state index is 0.230. The molecule has 5 nitrogen and oxygen atoms in total. The minimum atomic E-state index is -0.312. The number of rotatable bonds is 7. The summed E-state index contributed by atoms with van der Waals surface area (Å²) in [6.07, 6.45) is 1.70. The second-order valence-electron chi connectivity index (χ2n) is 7.70. The summed E-state index contributed by atoms with van der Waals surface area (Å²) in [7, 11) is 1.57. The normalized spacial score (nSPS) is 14.7. The molecule has 0 atom stereocenters. The molecule has 0 aromatic heterocycles. The van der Waals surface area contributed by atoms with Gasteiger partial charge in [0.15, 0.2) is 11.5 Å². The third-order valence-corrected chi connectivity index (χ3v) is 7.21. The number of hydrogen-bond acceptors (Lipinski definition) is 5.